The van der Waals surface area contributed by atoms with Crippen LogP contribution >= 0.6 is 0 Å². The second-order valence-corrected chi connectivity index (χ2v) is 10.3. The average Bonchev–Trinajstić information content (AvgIpc) is 2.98. The van der Waals surface area contributed by atoms with Crippen molar-refractivity contribution in [3.63, 3.8) is 0 Å². The van der Waals surface area contributed by atoms with Crippen molar-refractivity contribution in [3.8, 4) is 0 Å². The van der Waals surface area contributed by atoms with Crippen LogP contribution in [0.5, 0.6) is 0 Å². The number of aromatic nitrogens is 2. The lowest BCUT2D eigenvalue weighted by atomic mass is 9.91. The lowest BCUT2D eigenvalue weighted by Crippen LogP contribution is -2.53. The Kier molecular flexibility index (Phi) is 8.99. The van der Waals surface area contributed by atoms with Crippen molar-refractivity contribution in [2.45, 2.75) is 83.8 Å². The Balaban J connectivity index is 0.000000194. The number of likely N-dealkylation sites (N-methyl/N-ethyl adjacent to an activating group) is 1. The van der Waals surface area contributed by atoms with Gasteiger partial charge in [-0.25, -0.2) is 9.97 Å². The Morgan fingerprint density at radius 1 is 1.00 bits per heavy atom. The van der Waals surface area contributed by atoms with Gasteiger partial charge < -0.3 is 4.90 Å². The molecule has 0 amide bonds. The summed E-state index contributed by atoms with van der Waals surface area (Å²) in [5.41, 5.74) is 1.25. The molecule has 3 fully saturated rings. The molecule has 31 heavy (non-hydrogen) atoms. The maximum absolute atomic E-state index is 11.6. The monoisotopic (exact) mass is 429 g/mol. The molecular formula is C25H43N5O. The fraction of sp³-hybridized carbons (Fsp3) is 0.800. The van der Waals surface area contributed by atoms with Crippen LogP contribution in [0.3, 0.4) is 0 Å². The summed E-state index contributed by atoms with van der Waals surface area (Å²) in [7, 11) is 2.29. The van der Waals surface area contributed by atoms with E-state index < -0.39 is 0 Å². The topological polar surface area (TPSA) is 52.6 Å². The molecule has 174 valence electrons. The van der Waals surface area contributed by atoms with Crippen LogP contribution in [-0.4, -0.2) is 88.3 Å². The third-order valence-corrected chi connectivity index (χ3v) is 7.56. The zero-order valence-corrected chi connectivity index (χ0v) is 20.3. The lowest BCUT2D eigenvalue weighted by Gasteiger charge is -2.40. The van der Waals surface area contributed by atoms with Gasteiger partial charge in [0.15, 0.2) is 0 Å². The van der Waals surface area contributed by atoms with E-state index in [0.29, 0.717) is 18.1 Å². The molecule has 2 bridgehead atoms. The molecule has 0 spiro atoms. The van der Waals surface area contributed by atoms with Gasteiger partial charge in [-0.1, -0.05) is 13.8 Å². The van der Waals surface area contributed by atoms with Crippen LogP contribution in [0.1, 0.15) is 71.3 Å². The van der Waals surface area contributed by atoms with E-state index in [4.69, 9.17) is 0 Å². The maximum Gasteiger partial charge on any atom is 0.136 e. The van der Waals surface area contributed by atoms with Crippen molar-refractivity contribution in [2.24, 2.45) is 5.92 Å². The van der Waals surface area contributed by atoms with Gasteiger partial charge in [0.25, 0.3) is 0 Å². The van der Waals surface area contributed by atoms with E-state index in [1.54, 1.807) is 6.33 Å². The number of piperidine rings is 1. The SMILES string of the molecule is CC(C)C(=O)CCN1CCC(c2cncnc2)CC1.CC(C)N1CC2CCC(C1)N2C. The molecule has 3 aliphatic heterocycles. The van der Waals surface area contributed by atoms with Crippen LogP contribution in [-0.2, 0) is 4.79 Å². The van der Waals surface area contributed by atoms with Crippen LogP contribution in [0.2, 0.25) is 0 Å². The number of hydrogen-bond donors (Lipinski definition) is 0. The van der Waals surface area contributed by atoms with Gasteiger partial charge in [-0.05, 0) is 71.1 Å². The average molecular weight is 430 g/mol. The molecule has 1 aromatic rings. The Bertz CT molecular complexity index is 658. The number of Topliss-reactive ketones (excluding diaryl/α,β-unsaturated/α-hetero) is 1. The molecule has 6 nitrogen and oxygen atoms in total. The third kappa shape index (κ3) is 6.80. The van der Waals surface area contributed by atoms with Crippen LogP contribution in [0.4, 0.5) is 0 Å². The molecule has 0 aliphatic carbocycles. The minimum Gasteiger partial charge on any atom is -0.303 e. The second-order valence-electron chi connectivity index (χ2n) is 10.3. The van der Waals surface area contributed by atoms with Crippen LogP contribution in [0, 0.1) is 5.92 Å². The van der Waals surface area contributed by atoms with Gasteiger partial charge in [-0.2, -0.15) is 0 Å². The molecule has 0 saturated carbocycles. The highest BCUT2D eigenvalue weighted by Gasteiger charge is 2.37. The Morgan fingerprint density at radius 3 is 2.10 bits per heavy atom. The Hall–Kier alpha value is -1.37. The smallest absolute Gasteiger partial charge is 0.136 e. The molecule has 1 aromatic heterocycles. The number of likely N-dealkylation sites (tertiary alicyclic amines) is 2. The summed E-state index contributed by atoms with van der Waals surface area (Å²) in [6.45, 7) is 14.2. The number of ketones is 1. The van der Waals surface area contributed by atoms with Gasteiger partial charge in [-0.3, -0.25) is 14.6 Å². The molecule has 3 saturated heterocycles. The van der Waals surface area contributed by atoms with Crippen molar-refractivity contribution in [3.05, 3.63) is 24.3 Å². The molecule has 0 aromatic carbocycles. The summed E-state index contributed by atoms with van der Waals surface area (Å²) >= 11 is 0. The van der Waals surface area contributed by atoms with Crippen molar-refractivity contribution in [1.82, 2.24) is 24.7 Å². The fourth-order valence-electron chi connectivity index (χ4n) is 5.14. The largest absolute Gasteiger partial charge is 0.303 e. The van der Waals surface area contributed by atoms with Gasteiger partial charge in [0.2, 0.25) is 0 Å². The first-order valence-electron chi connectivity index (χ1n) is 12.3. The molecule has 6 heteroatoms. The number of rotatable bonds is 6. The van der Waals surface area contributed by atoms with E-state index >= 15 is 0 Å². The normalized spacial score (nSPS) is 25.6. The van der Waals surface area contributed by atoms with Gasteiger partial charge >= 0.3 is 0 Å². The lowest BCUT2D eigenvalue weighted by molar-refractivity contribution is -0.122. The van der Waals surface area contributed by atoms with E-state index in [0.717, 1.165) is 50.6 Å². The van der Waals surface area contributed by atoms with Crippen LogP contribution in [0.15, 0.2) is 18.7 Å². The molecule has 4 heterocycles. The number of carbonyl (C=O) groups excluding carboxylic acids is 1. The van der Waals surface area contributed by atoms with E-state index in [9.17, 15) is 4.79 Å². The first-order valence-corrected chi connectivity index (χ1v) is 12.3. The highest BCUT2D eigenvalue weighted by atomic mass is 16.1. The quantitative estimate of drug-likeness (QED) is 0.690. The van der Waals surface area contributed by atoms with E-state index in [2.05, 4.69) is 45.6 Å². The highest BCUT2D eigenvalue weighted by Crippen LogP contribution is 2.29. The highest BCUT2D eigenvalue weighted by molar-refractivity contribution is 5.80. The first-order chi connectivity index (χ1) is 14.8. The van der Waals surface area contributed by atoms with Crippen molar-refractivity contribution in [1.29, 1.82) is 0 Å². The second kappa shape index (κ2) is 11.5. The third-order valence-electron chi connectivity index (χ3n) is 7.56. The first kappa shape index (κ1) is 24.3. The molecule has 0 N–H and O–H groups in total. The zero-order chi connectivity index (χ0) is 22.4. The van der Waals surface area contributed by atoms with Crippen molar-refractivity contribution < 1.29 is 4.79 Å². The summed E-state index contributed by atoms with van der Waals surface area (Å²) in [6, 6.07) is 2.44. The fourth-order valence-corrected chi connectivity index (χ4v) is 5.14. The van der Waals surface area contributed by atoms with Gasteiger partial charge in [0, 0.05) is 62.5 Å². The predicted octanol–water partition coefficient (Wildman–Crippen LogP) is 3.44. The molecule has 4 rings (SSSR count). The number of nitrogens with zero attached hydrogens (tertiary/aromatic N) is 5. The number of carbonyl (C=O) groups is 1. The number of piperazine rings is 1. The Morgan fingerprint density at radius 2 is 1.58 bits per heavy atom. The van der Waals surface area contributed by atoms with E-state index in [1.807, 2.05) is 26.2 Å². The molecule has 3 aliphatic rings. The van der Waals surface area contributed by atoms with Crippen LogP contribution < -0.4 is 0 Å². The summed E-state index contributed by atoms with van der Waals surface area (Å²) < 4.78 is 0. The maximum atomic E-state index is 11.6. The van der Waals surface area contributed by atoms with Crippen LogP contribution in [0.25, 0.3) is 0 Å². The van der Waals surface area contributed by atoms with E-state index in [-0.39, 0.29) is 5.92 Å². The van der Waals surface area contributed by atoms with Gasteiger partial charge in [-0.15, -0.1) is 0 Å². The number of hydrogen-bond acceptors (Lipinski definition) is 6. The summed E-state index contributed by atoms with van der Waals surface area (Å²) in [5.74, 6) is 1.12. The Labute approximate surface area is 189 Å². The molecule has 2 atom stereocenters. The molecular weight excluding hydrogens is 386 g/mol. The minimum atomic E-state index is 0.166. The molecule has 2 unspecified atom stereocenters. The zero-order valence-electron chi connectivity index (χ0n) is 20.3. The van der Waals surface area contributed by atoms with Gasteiger partial charge in [0.1, 0.15) is 12.1 Å². The summed E-state index contributed by atoms with van der Waals surface area (Å²) in [5, 5.41) is 0. The number of fused-ring (bicyclic) bond motifs is 2. The van der Waals surface area contributed by atoms with E-state index in [1.165, 1.54) is 31.5 Å². The molecule has 0 radical (unpaired) electrons. The predicted molar refractivity (Wildman–Crippen MR) is 126 cm³/mol. The summed E-state index contributed by atoms with van der Waals surface area (Å²) in [4.78, 5) is 27.4. The van der Waals surface area contributed by atoms with Crippen molar-refractivity contribution >= 4 is 5.78 Å². The minimum absolute atomic E-state index is 0.166. The van der Waals surface area contributed by atoms with Crippen molar-refractivity contribution in [2.75, 3.05) is 39.8 Å². The standard InChI is InChI=1S/C15H23N3O.C10H20N2/c1-12(2)15(19)5-8-18-6-3-13(4-7-18)14-9-16-11-17-10-14;1-8(2)12-6-9-4-5-10(7-12)11(9)3/h9-13H,3-8H2,1-2H3;8-10H,4-7H2,1-3H3. The summed E-state index contributed by atoms with van der Waals surface area (Å²) in [6.07, 6.45) is 11.2. The van der Waals surface area contributed by atoms with Gasteiger partial charge in [0.05, 0.1) is 0 Å².